The van der Waals surface area contributed by atoms with Crippen LogP contribution in [0.3, 0.4) is 0 Å². The highest BCUT2D eigenvalue weighted by atomic mass is 32.2. The summed E-state index contributed by atoms with van der Waals surface area (Å²) in [5.41, 5.74) is 3.79. The molecule has 164 valence electrons. The number of carbonyl (C=O) groups is 1. The summed E-state index contributed by atoms with van der Waals surface area (Å²) in [4.78, 5) is 18.4. The van der Waals surface area contributed by atoms with E-state index in [0.29, 0.717) is 5.82 Å². The van der Waals surface area contributed by atoms with Crippen LogP contribution in [0, 0.1) is 13.8 Å². The lowest BCUT2D eigenvalue weighted by molar-refractivity contribution is -0.131. The maximum Gasteiger partial charge on any atom is 0.246 e. The number of hydrogen-bond donors (Lipinski definition) is 0. The second-order valence-corrected chi connectivity index (χ2v) is 9.63. The molecule has 0 aliphatic rings. The van der Waals surface area contributed by atoms with Gasteiger partial charge in [0.05, 0.1) is 19.3 Å². The van der Waals surface area contributed by atoms with Crippen LogP contribution in [0.2, 0.25) is 0 Å². The van der Waals surface area contributed by atoms with Gasteiger partial charge in [0.2, 0.25) is 27.6 Å². The quantitative estimate of drug-likeness (QED) is 0.532. The Labute approximate surface area is 182 Å². The third kappa shape index (κ3) is 6.22. The highest BCUT2D eigenvalue weighted by molar-refractivity contribution is 7.88. The van der Waals surface area contributed by atoms with Crippen LogP contribution in [-0.4, -0.2) is 53.5 Å². The number of sulfonamides is 1. The van der Waals surface area contributed by atoms with E-state index in [9.17, 15) is 13.2 Å². The number of amides is 1. The van der Waals surface area contributed by atoms with Crippen molar-refractivity contribution in [1.82, 2.24) is 19.3 Å². The molecule has 0 radical (unpaired) electrons. The molecule has 0 N–H and O–H groups in total. The zero-order valence-electron chi connectivity index (χ0n) is 18.1. The van der Waals surface area contributed by atoms with E-state index in [1.54, 1.807) is 7.05 Å². The third-order valence-corrected chi connectivity index (χ3v) is 6.00. The first kappa shape index (κ1) is 22.6. The topological polar surface area (TPSA) is 96.6 Å². The Balaban J connectivity index is 1.66. The summed E-state index contributed by atoms with van der Waals surface area (Å²) in [6, 6.07) is 15.2. The normalized spacial score (nSPS) is 11.6. The van der Waals surface area contributed by atoms with Gasteiger partial charge in [0, 0.05) is 19.2 Å². The molecular formula is C22H26N4O4S. The van der Waals surface area contributed by atoms with Gasteiger partial charge in [-0.15, -0.1) is 0 Å². The SMILES string of the molecule is Cc1ccc(CN(CC(=O)N(C)Cc2nc(-c3cccc(C)c3)no2)S(C)(=O)=O)cc1. The van der Waals surface area contributed by atoms with E-state index in [1.165, 1.54) is 4.90 Å². The maximum absolute atomic E-state index is 12.7. The fourth-order valence-corrected chi connectivity index (χ4v) is 3.70. The van der Waals surface area contributed by atoms with Crippen molar-refractivity contribution in [3.05, 3.63) is 71.1 Å². The first-order valence-electron chi connectivity index (χ1n) is 9.76. The van der Waals surface area contributed by atoms with E-state index in [2.05, 4.69) is 10.1 Å². The number of aromatic nitrogens is 2. The molecule has 2 aromatic carbocycles. The molecule has 0 aliphatic heterocycles. The van der Waals surface area contributed by atoms with E-state index in [4.69, 9.17) is 4.52 Å². The summed E-state index contributed by atoms with van der Waals surface area (Å²) >= 11 is 0. The second kappa shape index (κ2) is 9.40. The largest absolute Gasteiger partial charge is 0.337 e. The molecule has 31 heavy (non-hydrogen) atoms. The number of aryl methyl sites for hydroxylation is 2. The van der Waals surface area contributed by atoms with Gasteiger partial charge in [-0.3, -0.25) is 4.79 Å². The van der Waals surface area contributed by atoms with Gasteiger partial charge < -0.3 is 9.42 Å². The third-order valence-electron chi connectivity index (χ3n) is 4.80. The molecule has 0 unspecified atom stereocenters. The van der Waals surface area contributed by atoms with Crippen molar-refractivity contribution in [1.29, 1.82) is 0 Å². The van der Waals surface area contributed by atoms with Gasteiger partial charge in [-0.05, 0) is 25.5 Å². The summed E-state index contributed by atoms with van der Waals surface area (Å²) in [5.74, 6) is 0.348. The van der Waals surface area contributed by atoms with E-state index >= 15 is 0 Å². The van der Waals surface area contributed by atoms with Crippen LogP contribution >= 0.6 is 0 Å². The number of rotatable bonds is 8. The van der Waals surface area contributed by atoms with Crippen LogP contribution < -0.4 is 0 Å². The summed E-state index contributed by atoms with van der Waals surface area (Å²) in [6.07, 6.45) is 1.10. The minimum Gasteiger partial charge on any atom is -0.337 e. The zero-order valence-corrected chi connectivity index (χ0v) is 18.9. The van der Waals surface area contributed by atoms with Crippen LogP contribution in [0.5, 0.6) is 0 Å². The average Bonchev–Trinajstić information content (AvgIpc) is 3.17. The Morgan fingerprint density at radius 2 is 1.74 bits per heavy atom. The lowest BCUT2D eigenvalue weighted by Gasteiger charge is -2.23. The fourth-order valence-electron chi connectivity index (χ4n) is 2.97. The lowest BCUT2D eigenvalue weighted by atomic mass is 10.1. The van der Waals surface area contributed by atoms with Gasteiger partial charge >= 0.3 is 0 Å². The molecule has 1 amide bonds. The molecule has 0 saturated carbocycles. The van der Waals surface area contributed by atoms with Crippen molar-refractivity contribution in [2.75, 3.05) is 19.8 Å². The molecule has 3 aromatic rings. The van der Waals surface area contributed by atoms with E-state index in [0.717, 1.165) is 32.8 Å². The van der Waals surface area contributed by atoms with Gasteiger partial charge in [-0.25, -0.2) is 8.42 Å². The number of carbonyl (C=O) groups excluding carboxylic acids is 1. The second-order valence-electron chi connectivity index (χ2n) is 7.65. The van der Waals surface area contributed by atoms with Crippen molar-refractivity contribution in [3.8, 4) is 11.4 Å². The van der Waals surface area contributed by atoms with Gasteiger partial charge in [-0.2, -0.15) is 9.29 Å². The van der Waals surface area contributed by atoms with Gasteiger partial charge in [0.1, 0.15) is 0 Å². The fraction of sp³-hybridized carbons (Fsp3) is 0.318. The Morgan fingerprint density at radius 1 is 1.03 bits per heavy atom. The van der Waals surface area contributed by atoms with Gasteiger partial charge in [-0.1, -0.05) is 58.7 Å². The molecule has 1 aromatic heterocycles. The van der Waals surface area contributed by atoms with Crippen LogP contribution in [-0.2, 0) is 27.9 Å². The van der Waals surface area contributed by atoms with Crippen LogP contribution in [0.15, 0.2) is 53.1 Å². The van der Waals surface area contributed by atoms with E-state index < -0.39 is 10.0 Å². The molecule has 0 saturated heterocycles. The van der Waals surface area contributed by atoms with Crippen LogP contribution in [0.1, 0.15) is 22.6 Å². The predicted octanol–water partition coefficient (Wildman–Crippen LogP) is 2.77. The van der Waals surface area contributed by atoms with Crippen LogP contribution in [0.4, 0.5) is 0 Å². The monoisotopic (exact) mass is 442 g/mol. The summed E-state index contributed by atoms with van der Waals surface area (Å²) in [5, 5.41) is 3.97. The highest BCUT2D eigenvalue weighted by Crippen LogP contribution is 2.17. The van der Waals surface area contributed by atoms with E-state index in [-0.39, 0.29) is 31.4 Å². The Kier molecular flexibility index (Phi) is 6.87. The Hall–Kier alpha value is -3.04. The Bertz CT molecular complexity index is 1160. The van der Waals surface area contributed by atoms with Crippen LogP contribution in [0.25, 0.3) is 11.4 Å². The highest BCUT2D eigenvalue weighted by Gasteiger charge is 2.23. The van der Waals surface area contributed by atoms with Crippen molar-refractivity contribution in [2.24, 2.45) is 0 Å². The molecule has 0 bridgehead atoms. The molecule has 3 rings (SSSR count). The summed E-state index contributed by atoms with van der Waals surface area (Å²) < 4.78 is 30.9. The minimum atomic E-state index is -3.58. The Morgan fingerprint density at radius 3 is 2.39 bits per heavy atom. The number of likely N-dealkylation sites (N-methyl/N-ethyl adjacent to an activating group) is 1. The first-order chi connectivity index (χ1) is 14.6. The molecule has 1 heterocycles. The molecular weight excluding hydrogens is 416 g/mol. The molecule has 8 nitrogen and oxygen atoms in total. The number of hydrogen-bond acceptors (Lipinski definition) is 6. The van der Waals surface area contributed by atoms with Crippen molar-refractivity contribution < 1.29 is 17.7 Å². The van der Waals surface area contributed by atoms with Crippen molar-refractivity contribution in [3.63, 3.8) is 0 Å². The molecule has 0 fully saturated rings. The standard InChI is InChI=1S/C22H26N4O4S/c1-16-8-10-18(11-9-16)13-26(31(4,28)29)15-21(27)25(3)14-20-23-22(24-30-20)19-7-5-6-17(2)12-19/h5-12H,13-15H2,1-4H3. The molecule has 0 atom stereocenters. The minimum absolute atomic E-state index is 0.0831. The maximum atomic E-state index is 12.7. The zero-order chi connectivity index (χ0) is 22.6. The van der Waals surface area contributed by atoms with Gasteiger partial charge in [0.25, 0.3) is 0 Å². The first-order valence-corrected chi connectivity index (χ1v) is 11.6. The van der Waals surface area contributed by atoms with Gasteiger partial charge in [0.15, 0.2) is 0 Å². The molecule has 0 spiro atoms. The average molecular weight is 443 g/mol. The summed E-state index contributed by atoms with van der Waals surface area (Å²) in [6.45, 7) is 3.86. The number of benzene rings is 2. The number of nitrogens with zero attached hydrogens (tertiary/aromatic N) is 4. The smallest absolute Gasteiger partial charge is 0.246 e. The summed E-state index contributed by atoms with van der Waals surface area (Å²) in [7, 11) is -2.00. The van der Waals surface area contributed by atoms with Crippen molar-refractivity contribution in [2.45, 2.75) is 26.9 Å². The van der Waals surface area contributed by atoms with Crippen molar-refractivity contribution >= 4 is 15.9 Å². The van der Waals surface area contributed by atoms with E-state index in [1.807, 2.05) is 62.4 Å². The predicted molar refractivity (Wildman–Crippen MR) is 117 cm³/mol. The lowest BCUT2D eigenvalue weighted by Crippen LogP contribution is -2.40. The molecule has 9 heteroatoms. The molecule has 0 aliphatic carbocycles.